The van der Waals surface area contributed by atoms with Gasteiger partial charge in [-0.2, -0.15) is 0 Å². The first-order chi connectivity index (χ1) is 7.63. The van der Waals surface area contributed by atoms with E-state index < -0.39 is 0 Å². The van der Waals surface area contributed by atoms with Crippen molar-refractivity contribution in [1.29, 1.82) is 0 Å². The maximum absolute atomic E-state index is 5.50. The second-order valence-electron chi connectivity index (χ2n) is 4.72. The third-order valence-corrected chi connectivity index (χ3v) is 2.66. The van der Waals surface area contributed by atoms with Gasteiger partial charge in [0.1, 0.15) is 5.76 Å². The van der Waals surface area contributed by atoms with E-state index >= 15 is 0 Å². The summed E-state index contributed by atoms with van der Waals surface area (Å²) < 4.78 is 5.50. The van der Waals surface area contributed by atoms with Crippen LogP contribution in [0.1, 0.15) is 32.1 Å². The number of hydrogen-bond donors (Lipinski definition) is 1. The van der Waals surface area contributed by atoms with Crippen molar-refractivity contribution >= 4 is 0 Å². The lowest BCUT2D eigenvalue weighted by Crippen LogP contribution is -2.21. The lowest BCUT2D eigenvalue weighted by molar-refractivity contribution is 0.340. The highest BCUT2D eigenvalue weighted by molar-refractivity contribution is 5.16. The molecule has 0 saturated carbocycles. The maximum Gasteiger partial charge on any atom is 0.122 e. The Kier molecular flexibility index (Phi) is 5.56. The number of rotatable bonds is 7. The van der Waals surface area contributed by atoms with Crippen LogP contribution in [0.5, 0.6) is 0 Å². The van der Waals surface area contributed by atoms with Crippen LogP contribution in [0.25, 0.3) is 0 Å². The molecule has 1 N–H and O–H groups in total. The SMILES string of the molecule is CCN(C)Cc1ccoc1CNCC(C)C. The van der Waals surface area contributed by atoms with Crippen LogP contribution >= 0.6 is 0 Å². The van der Waals surface area contributed by atoms with Gasteiger partial charge < -0.3 is 14.6 Å². The summed E-state index contributed by atoms with van der Waals surface area (Å²) >= 11 is 0. The number of hydrogen-bond acceptors (Lipinski definition) is 3. The van der Waals surface area contributed by atoms with E-state index in [0.717, 1.165) is 31.9 Å². The molecule has 1 heterocycles. The molecule has 0 amide bonds. The first-order valence-corrected chi connectivity index (χ1v) is 6.08. The molecule has 3 heteroatoms. The molecule has 0 aliphatic heterocycles. The van der Waals surface area contributed by atoms with Gasteiger partial charge in [0, 0.05) is 12.1 Å². The van der Waals surface area contributed by atoms with Crippen LogP contribution in [0.3, 0.4) is 0 Å². The van der Waals surface area contributed by atoms with Gasteiger partial charge in [-0.05, 0) is 32.1 Å². The number of furan rings is 1. The van der Waals surface area contributed by atoms with Crippen LogP contribution < -0.4 is 5.32 Å². The highest BCUT2D eigenvalue weighted by atomic mass is 16.3. The largest absolute Gasteiger partial charge is 0.468 e. The Morgan fingerprint density at radius 1 is 1.44 bits per heavy atom. The molecule has 1 aromatic heterocycles. The molecule has 0 bridgehead atoms. The second kappa shape index (κ2) is 6.71. The van der Waals surface area contributed by atoms with Crippen LogP contribution in [-0.2, 0) is 13.1 Å². The minimum atomic E-state index is 0.678. The fourth-order valence-electron chi connectivity index (χ4n) is 1.54. The van der Waals surface area contributed by atoms with Crippen molar-refractivity contribution in [3.8, 4) is 0 Å². The third kappa shape index (κ3) is 4.37. The van der Waals surface area contributed by atoms with E-state index in [-0.39, 0.29) is 0 Å². The quantitative estimate of drug-likeness (QED) is 0.771. The summed E-state index contributed by atoms with van der Waals surface area (Å²) in [6.07, 6.45) is 1.78. The Balaban J connectivity index is 2.44. The van der Waals surface area contributed by atoms with Crippen molar-refractivity contribution in [2.24, 2.45) is 5.92 Å². The molecule has 0 saturated heterocycles. The molecule has 3 nitrogen and oxygen atoms in total. The van der Waals surface area contributed by atoms with E-state index in [9.17, 15) is 0 Å². The van der Waals surface area contributed by atoms with E-state index in [2.05, 4.69) is 44.1 Å². The monoisotopic (exact) mass is 224 g/mol. The van der Waals surface area contributed by atoms with E-state index in [0.29, 0.717) is 5.92 Å². The molecule has 92 valence electrons. The molecule has 0 radical (unpaired) electrons. The van der Waals surface area contributed by atoms with Crippen molar-refractivity contribution in [1.82, 2.24) is 10.2 Å². The van der Waals surface area contributed by atoms with Crippen molar-refractivity contribution in [2.75, 3.05) is 20.1 Å². The predicted octanol–water partition coefficient (Wildman–Crippen LogP) is 2.48. The van der Waals surface area contributed by atoms with Gasteiger partial charge in [-0.3, -0.25) is 0 Å². The summed E-state index contributed by atoms with van der Waals surface area (Å²) in [5.74, 6) is 1.75. The summed E-state index contributed by atoms with van der Waals surface area (Å²) in [7, 11) is 2.12. The van der Waals surface area contributed by atoms with Crippen LogP contribution in [0, 0.1) is 5.92 Å². The minimum Gasteiger partial charge on any atom is -0.468 e. The molecular formula is C13H24N2O. The topological polar surface area (TPSA) is 28.4 Å². The summed E-state index contributed by atoms with van der Waals surface area (Å²) in [5.41, 5.74) is 1.29. The van der Waals surface area contributed by atoms with Gasteiger partial charge in [0.2, 0.25) is 0 Å². The molecule has 16 heavy (non-hydrogen) atoms. The van der Waals surface area contributed by atoms with Gasteiger partial charge in [-0.1, -0.05) is 20.8 Å². The average Bonchev–Trinajstić information content (AvgIpc) is 2.65. The Bertz CT molecular complexity index is 294. The Hall–Kier alpha value is -0.800. The molecule has 0 unspecified atom stereocenters. The van der Waals surface area contributed by atoms with Crippen molar-refractivity contribution in [3.05, 3.63) is 23.7 Å². The van der Waals surface area contributed by atoms with E-state index in [4.69, 9.17) is 4.42 Å². The van der Waals surface area contributed by atoms with Crippen molar-refractivity contribution in [3.63, 3.8) is 0 Å². The van der Waals surface area contributed by atoms with Crippen molar-refractivity contribution < 1.29 is 4.42 Å². The molecular weight excluding hydrogens is 200 g/mol. The van der Waals surface area contributed by atoms with Gasteiger partial charge >= 0.3 is 0 Å². The zero-order valence-electron chi connectivity index (χ0n) is 10.9. The molecule has 0 aliphatic carbocycles. The van der Waals surface area contributed by atoms with Gasteiger partial charge in [-0.25, -0.2) is 0 Å². The molecule has 0 aliphatic rings. The standard InChI is InChI=1S/C13H24N2O/c1-5-15(4)10-12-6-7-16-13(12)9-14-8-11(2)3/h6-7,11,14H,5,8-10H2,1-4H3. The predicted molar refractivity (Wildman–Crippen MR) is 67.3 cm³/mol. The molecule has 0 spiro atoms. The zero-order chi connectivity index (χ0) is 12.0. The average molecular weight is 224 g/mol. The molecule has 0 aromatic carbocycles. The first kappa shape index (κ1) is 13.3. The van der Waals surface area contributed by atoms with Gasteiger partial charge in [0.15, 0.2) is 0 Å². The summed E-state index contributed by atoms with van der Waals surface area (Å²) in [6.45, 7) is 10.5. The van der Waals surface area contributed by atoms with E-state index in [1.807, 2.05) is 0 Å². The Morgan fingerprint density at radius 3 is 2.81 bits per heavy atom. The van der Waals surface area contributed by atoms with E-state index in [1.54, 1.807) is 6.26 Å². The van der Waals surface area contributed by atoms with Gasteiger partial charge in [0.05, 0.1) is 12.8 Å². The summed E-state index contributed by atoms with van der Waals surface area (Å²) in [5, 5.41) is 3.41. The lowest BCUT2D eigenvalue weighted by Gasteiger charge is -2.13. The Labute approximate surface area is 98.8 Å². The highest BCUT2D eigenvalue weighted by Gasteiger charge is 2.07. The summed E-state index contributed by atoms with van der Waals surface area (Å²) in [6, 6.07) is 2.07. The zero-order valence-corrected chi connectivity index (χ0v) is 10.9. The molecule has 0 fully saturated rings. The van der Waals surface area contributed by atoms with Crippen LogP contribution in [0.15, 0.2) is 16.7 Å². The van der Waals surface area contributed by atoms with Crippen molar-refractivity contribution in [2.45, 2.75) is 33.9 Å². The molecule has 0 atom stereocenters. The molecule has 1 rings (SSSR count). The van der Waals surface area contributed by atoms with Crippen LogP contribution in [-0.4, -0.2) is 25.0 Å². The second-order valence-corrected chi connectivity index (χ2v) is 4.72. The third-order valence-electron chi connectivity index (χ3n) is 2.66. The normalized spacial score (nSPS) is 11.6. The summed E-state index contributed by atoms with van der Waals surface area (Å²) in [4.78, 5) is 2.27. The number of nitrogens with one attached hydrogen (secondary N) is 1. The fourth-order valence-corrected chi connectivity index (χ4v) is 1.54. The highest BCUT2D eigenvalue weighted by Crippen LogP contribution is 2.12. The number of nitrogens with zero attached hydrogens (tertiary/aromatic N) is 1. The van der Waals surface area contributed by atoms with Crippen LogP contribution in [0.4, 0.5) is 0 Å². The first-order valence-electron chi connectivity index (χ1n) is 6.08. The maximum atomic E-state index is 5.50. The lowest BCUT2D eigenvalue weighted by atomic mass is 10.2. The van der Waals surface area contributed by atoms with Gasteiger partial charge in [-0.15, -0.1) is 0 Å². The van der Waals surface area contributed by atoms with E-state index in [1.165, 1.54) is 5.56 Å². The van der Waals surface area contributed by atoms with Gasteiger partial charge in [0.25, 0.3) is 0 Å². The Morgan fingerprint density at radius 2 is 2.19 bits per heavy atom. The minimum absolute atomic E-state index is 0.678. The van der Waals surface area contributed by atoms with Crippen LogP contribution in [0.2, 0.25) is 0 Å². The fraction of sp³-hybridized carbons (Fsp3) is 0.692. The smallest absolute Gasteiger partial charge is 0.122 e. The molecule has 1 aromatic rings.